The zero-order valence-electron chi connectivity index (χ0n) is 6.83. The van der Waals surface area contributed by atoms with Crippen molar-refractivity contribution in [1.29, 1.82) is 0 Å². The fourth-order valence-electron chi connectivity index (χ4n) is 1.64. The molecule has 1 saturated heterocycles. The second-order valence-electron chi connectivity index (χ2n) is 3.83. The third-order valence-electron chi connectivity index (χ3n) is 2.64. The number of ketones is 1. The lowest BCUT2D eigenvalue weighted by molar-refractivity contribution is -0.145. The summed E-state index contributed by atoms with van der Waals surface area (Å²) in [4.78, 5) is 11.5. The quantitative estimate of drug-likeness (QED) is 0.489. The molecule has 0 saturated carbocycles. The average Bonchev–Trinajstić information content (AvgIpc) is 2.31. The van der Waals surface area contributed by atoms with Crippen LogP contribution in [-0.4, -0.2) is 18.0 Å². The molecule has 0 aromatic heterocycles. The Bertz CT molecular complexity index is 228. The molecule has 0 radical (unpaired) electrons. The number of carbonyl (C=O) groups is 1. The number of Topliss-reactive ketones (excluding diaryl/α,β-unsaturated/α-hetero) is 1. The van der Waals surface area contributed by atoms with Crippen molar-refractivity contribution in [3.05, 3.63) is 12.2 Å². The molecule has 2 aliphatic rings. The summed E-state index contributed by atoms with van der Waals surface area (Å²) in [6.45, 7) is 3.90. The van der Waals surface area contributed by atoms with E-state index in [0.717, 1.165) is 0 Å². The van der Waals surface area contributed by atoms with Crippen LogP contribution in [0.4, 0.5) is 0 Å². The van der Waals surface area contributed by atoms with Gasteiger partial charge in [-0.25, -0.2) is 0 Å². The monoisotopic (exact) mass is 152 g/mol. The molecule has 2 nitrogen and oxygen atoms in total. The Morgan fingerprint density at radius 2 is 2.27 bits per heavy atom. The molecule has 0 unspecified atom stereocenters. The highest BCUT2D eigenvalue weighted by atomic mass is 16.5. The maximum atomic E-state index is 11.5. The highest BCUT2D eigenvalue weighted by Crippen LogP contribution is 2.37. The van der Waals surface area contributed by atoms with E-state index in [1.165, 1.54) is 0 Å². The Kier molecular flexibility index (Phi) is 1.25. The highest BCUT2D eigenvalue weighted by molar-refractivity contribution is 5.87. The van der Waals surface area contributed by atoms with Gasteiger partial charge >= 0.3 is 0 Å². The molecule has 0 aromatic rings. The first kappa shape index (κ1) is 7.04. The molecule has 0 spiro atoms. The normalized spacial score (nSPS) is 39.6. The third-order valence-corrected chi connectivity index (χ3v) is 2.64. The van der Waals surface area contributed by atoms with Crippen LogP contribution in [0.3, 0.4) is 0 Å². The zero-order valence-corrected chi connectivity index (χ0v) is 6.83. The maximum absolute atomic E-state index is 11.5. The van der Waals surface area contributed by atoms with Gasteiger partial charge in [0.05, 0.1) is 17.6 Å². The summed E-state index contributed by atoms with van der Waals surface area (Å²) in [5, 5.41) is 0. The fourth-order valence-corrected chi connectivity index (χ4v) is 1.64. The predicted octanol–water partition coefficient (Wildman–Crippen LogP) is 1.31. The number of fused-ring (bicyclic) bond motifs is 2. The van der Waals surface area contributed by atoms with Crippen LogP contribution < -0.4 is 0 Å². The van der Waals surface area contributed by atoms with Crippen molar-refractivity contribution < 1.29 is 9.53 Å². The molecule has 0 N–H and O–H groups in total. The second kappa shape index (κ2) is 1.95. The van der Waals surface area contributed by atoms with Gasteiger partial charge in [-0.05, 0) is 0 Å². The van der Waals surface area contributed by atoms with Gasteiger partial charge in [-0.3, -0.25) is 4.79 Å². The van der Waals surface area contributed by atoms with Gasteiger partial charge in [-0.1, -0.05) is 26.0 Å². The van der Waals surface area contributed by atoms with E-state index >= 15 is 0 Å². The number of hydrogen-bond acceptors (Lipinski definition) is 2. The predicted molar refractivity (Wildman–Crippen MR) is 41.2 cm³/mol. The van der Waals surface area contributed by atoms with E-state index in [1.54, 1.807) is 0 Å². The van der Waals surface area contributed by atoms with Gasteiger partial charge in [0.15, 0.2) is 0 Å². The summed E-state index contributed by atoms with van der Waals surface area (Å²) >= 11 is 0. The summed E-state index contributed by atoms with van der Waals surface area (Å²) in [6.07, 6.45) is 4.65. The molecular weight excluding hydrogens is 140 g/mol. The van der Waals surface area contributed by atoms with Crippen LogP contribution in [-0.2, 0) is 9.53 Å². The third kappa shape index (κ3) is 0.857. The lowest BCUT2D eigenvalue weighted by Crippen LogP contribution is -2.43. The zero-order chi connectivity index (χ0) is 8.06. The summed E-state index contributed by atoms with van der Waals surface area (Å²) in [5.41, 5.74) is -0.302. The standard InChI is InChI=1S/C9H12O2/c1-9(2)7(10)5-6-3-4-8(9)11-6/h3-4,6,8H,5H2,1-2H3/t6-,8+/m0/s1. The molecule has 11 heavy (non-hydrogen) atoms. The molecule has 2 heteroatoms. The molecule has 2 aliphatic heterocycles. The largest absolute Gasteiger partial charge is 0.365 e. The van der Waals surface area contributed by atoms with Crippen LogP contribution in [0.5, 0.6) is 0 Å². The number of ether oxygens (including phenoxy) is 1. The van der Waals surface area contributed by atoms with Gasteiger partial charge in [0.2, 0.25) is 0 Å². The van der Waals surface area contributed by atoms with Gasteiger partial charge in [-0.15, -0.1) is 0 Å². The number of hydrogen-bond donors (Lipinski definition) is 0. The minimum Gasteiger partial charge on any atom is -0.365 e. The Morgan fingerprint density at radius 3 is 3.00 bits per heavy atom. The van der Waals surface area contributed by atoms with Gasteiger partial charge in [0, 0.05) is 6.42 Å². The van der Waals surface area contributed by atoms with E-state index in [2.05, 4.69) is 0 Å². The van der Waals surface area contributed by atoms with Gasteiger partial charge in [0.25, 0.3) is 0 Å². The van der Waals surface area contributed by atoms with E-state index in [0.29, 0.717) is 12.2 Å². The van der Waals surface area contributed by atoms with Gasteiger partial charge < -0.3 is 4.74 Å². The molecule has 1 fully saturated rings. The summed E-state index contributed by atoms with van der Waals surface area (Å²) in [7, 11) is 0. The van der Waals surface area contributed by atoms with Crippen LogP contribution in [0.1, 0.15) is 20.3 Å². The molecule has 2 atom stereocenters. The second-order valence-corrected chi connectivity index (χ2v) is 3.83. The van der Waals surface area contributed by atoms with Crippen LogP contribution in [0.15, 0.2) is 12.2 Å². The number of rotatable bonds is 0. The highest BCUT2D eigenvalue weighted by Gasteiger charge is 2.44. The van der Waals surface area contributed by atoms with E-state index in [4.69, 9.17) is 4.74 Å². The molecule has 2 heterocycles. The summed E-state index contributed by atoms with van der Waals surface area (Å²) < 4.78 is 5.55. The first-order valence-corrected chi connectivity index (χ1v) is 3.98. The van der Waals surface area contributed by atoms with Crippen molar-refractivity contribution in [3.63, 3.8) is 0 Å². The van der Waals surface area contributed by atoms with Crippen LogP contribution in [0.2, 0.25) is 0 Å². The van der Waals surface area contributed by atoms with Gasteiger partial charge in [0.1, 0.15) is 5.78 Å². The molecule has 0 aliphatic carbocycles. The average molecular weight is 152 g/mol. The van der Waals surface area contributed by atoms with Crippen LogP contribution in [0.25, 0.3) is 0 Å². The minimum absolute atomic E-state index is 0.0220. The van der Waals surface area contributed by atoms with Crippen molar-refractivity contribution in [3.8, 4) is 0 Å². The Balaban J connectivity index is 2.33. The minimum atomic E-state index is -0.302. The Morgan fingerprint density at radius 1 is 1.55 bits per heavy atom. The smallest absolute Gasteiger partial charge is 0.144 e. The van der Waals surface area contributed by atoms with Crippen molar-refractivity contribution in [1.82, 2.24) is 0 Å². The molecule has 2 bridgehead atoms. The maximum Gasteiger partial charge on any atom is 0.144 e. The van der Waals surface area contributed by atoms with E-state index < -0.39 is 0 Å². The Labute approximate surface area is 66.2 Å². The SMILES string of the molecule is CC1(C)C(=O)C[C@@H]2C=C[C@H]1O2. The van der Waals surface area contributed by atoms with E-state index in [9.17, 15) is 4.79 Å². The lowest BCUT2D eigenvalue weighted by atomic mass is 9.80. The first-order chi connectivity index (χ1) is 5.10. The fraction of sp³-hybridized carbons (Fsp3) is 0.667. The van der Waals surface area contributed by atoms with Crippen LogP contribution >= 0.6 is 0 Å². The molecule has 0 aromatic carbocycles. The Hall–Kier alpha value is -0.630. The molecule has 2 rings (SSSR count). The molecule has 0 amide bonds. The summed E-state index contributed by atoms with van der Waals surface area (Å²) in [5.74, 6) is 0.323. The first-order valence-electron chi connectivity index (χ1n) is 3.98. The topological polar surface area (TPSA) is 26.3 Å². The summed E-state index contributed by atoms with van der Waals surface area (Å²) in [6, 6.07) is 0. The van der Waals surface area contributed by atoms with Crippen molar-refractivity contribution in [2.45, 2.75) is 32.5 Å². The molecular formula is C9H12O2. The van der Waals surface area contributed by atoms with E-state index in [-0.39, 0.29) is 17.6 Å². The van der Waals surface area contributed by atoms with Crippen molar-refractivity contribution in [2.75, 3.05) is 0 Å². The van der Waals surface area contributed by atoms with E-state index in [1.807, 2.05) is 26.0 Å². The van der Waals surface area contributed by atoms with Crippen molar-refractivity contribution in [2.24, 2.45) is 5.41 Å². The molecule has 60 valence electrons. The van der Waals surface area contributed by atoms with Crippen molar-refractivity contribution >= 4 is 5.78 Å². The number of carbonyl (C=O) groups excluding carboxylic acids is 1. The van der Waals surface area contributed by atoms with Crippen LogP contribution in [0, 0.1) is 5.41 Å². The lowest BCUT2D eigenvalue weighted by Gasteiger charge is -2.34. The van der Waals surface area contributed by atoms with Gasteiger partial charge in [-0.2, -0.15) is 0 Å².